The highest BCUT2D eigenvalue weighted by atomic mass is 16.5. The summed E-state index contributed by atoms with van der Waals surface area (Å²) in [4.78, 5) is 41.9. The van der Waals surface area contributed by atoms with Crippen LogP contribution in [0.15, 0.2) is 54.6 Å². The number of methoxy groups -OCH3 is 1. The molecule has 35 heavy (non-hydrogen) atoms. The van der Waals surface area contributed by atoms with Crippen LogP contribution in [0.25, 0.3) is 10.9 Å². The monoisotopic (exact) mass is 473 g/mol. The van der Waals surface area contributed by atoms with Crippen LogP contribution in [0.1, 0.15) is 61.9 Å². The second kappa shape index (κ2) is 9.56. The third kappa shape index (κ3) is 4.31. The first kappa shape index (κ1) is 23.1. The van der Waals surface area contributed by atoms with Gasteiger partial charge in [0, 0.05) is 17.2 Å². The standard InChI is InChI=1S/C28H31N3O4/c1-18-12-14-21(15-13-18)30-26(27(33)29-20-9-4-3-5-10-20)23-16-19-8-6-7-11-22(19)31(23)24(28(30)34)17-25(32)35-2/h6-8,11-16,20,24,26H,3-5,9-10,17H2,1-2H3,(H,29,33). The highest BCUT2D eigenvalue weighted by molar-refractivity contribution is 6.07. The molecule has 2 unspecified atom stereocenters. The van der Waals surface area contributed by atoms with Crippen molar-refractivity contribution in [1.82, 2.24) is 9.88 Å². The molecule has 2 amide bonds. The minimum absolute atomic E-state index is 0.108. The van der Waals surface area contributed by atoms with E-state index >= 15 is 0 Å². The summed E-state index contributed by atoms with van der Waals surface area (Å²) in [6, 6.07) is 15.7. The molecule has 182 valence electrons. The van der Waals surface area contributed by atoms with E-state index in [-0.39, 0.29) is 24.3 Å². The van der Waals surface area contributed by atoms with Crippen LogP contribution in [0.4, 0.5) is 5.69 Å². The lowest BCUT2D eigenvalue weighted by molar-refractivity contribution is -0.143. The molecule has 1 aliphatic heterocycles. The van der Waals surface area contributed by atoms with E-state index in [2.05, 4.69) is 5.32 Å². The quantitative estimate of drug-likeness (QED) is 0.550. The highest BCUT2D eigenvalue weighted by Crippen LogP contribution is 2.41. The summed E-state index contributed by atoms with van der Waals surface area (Å²) in [5.74, 6) is -0.954. The maximum atomic E-state index is 14.1. The number of ether oxygens (including phenoxy) is 1. The van der Waals surface area contributed by atoms with Crippen molar-refractivity contribution < 1.29 is 19.1 Å². The number of anilines is 1. The number of para-hydroxylation sites is 1. The maximum absolute atomic E-state index is 14.1. The summed E-state index contributed by atoms with van der Waals surface area (Å²) >= 11 is 0. The Kier molecular flexibility index (Phi) is 6.32. The number of fused-ring (bicyclic) bond motifs is 3. The number of nitrogens with one attached hydrogen (secondary N) is 1. The molecule has 1 fully saturated rings. The smallest absolute Gasteiger partial charge is 0.308 e. The van der Waals surface area contributed by atoms with E-state index in [1.165, 1.54) is 13.5 Å². The number of rotatable bonds is 5. The van der Waals surface area contributed by atoms with Gasteiger partial charge in [0.1, 0.15) is 6.04 Å². The van der Waals surface area contributed by atoms with E-state index in [1.807, 2.05) is 66.1 Å². The number of carbonyl (C=O) groups excluding carboxylic acids is 3. The van der Waals surface area contributed by atoms with Crippen LogP contribution in [-0.2, 0) is 19.1 Å². The van der Waals surface area contributed by atoms with Crippen molar-refractivity contribution in [2.75, 3.05) is 12.0 Å². The van der Waals surface area contributed by atoms with E-state index in [4.69, 9.17) is 4.74 Å². The molecule has 0 bridgehead atoms. The number of aromatic nitrogens is 1. The molecule has 5 rings (SSSR count). The largest absolute Gasteiger partial charge is 0.469 e. The minimum Gasteiger partial charge on any atom is -0.469 e. The number of aryl methyl sites for hydroxylation is 1. The van der Waals surface area contributed by atoms with E-state index in [1.54, 1.807) is 4.90 Å². The van der Waals surface area contributed by atoms with Crippen LogP contribution < -0.4 is 10.2 Å². The molecule has 1 aliphatic carbocycles. The fourth-order valence-corrected chi connectivity index (χ4v) is 5.47. The van der Waals surface area contributed by atoms with Crippen LogP contribution in [-0.4, -0.2) is 35.5 Å². The molecule has 1 saturated carbocycles. The van der Waals surface area contributed by atoms with Crippen LogP contribution in [0.5, 0.6) is 0 Å². The first-order valence-electron chi connectivity index (χ1n) is 12.3. The molecule has 0 saturated heterocycles. The summed E-state index contributed by atoms with van der Waals surface area (Å²) in [5, 5.41) is 4.16. The first-order chi connectivity index (χ1) is 17.0. The van der Waals surface area contributed by atoms with Gasteiger partial charge in [-0.1, -0.05) is 55.2 Å². The number of esters is 1. The molecular formula is C28H31N3O4. The molecule has 2 atom stereocenters. The van der Waals surface area contributed by atoms with Crippen molar-refractivity contribution in [2.24, 2.45) is 0 Å². The molecule has 2 aliphatic rings. The second-order valence-electron chi connectivity index (χ2n) is 9.58. The van der Waals surface area contributed by atoms with Gasteiger partial charge in [-0.05, 0) is 49.4 Å². The van der Waals surface area contributed by atoms with Gasteiger partial charge in [0.2, 0.25) is 5.91 Å². The van der Waals surface area contributed by atoms with Crippen molar-refractivity contribution in [3.05, 3.63) is 65.9 Å². The van der Waals surface area contributed by atoms with Gasteiger partial charge in [-0.15, -0.1) is 0 Å². The van der Waals surface area contributed by atoms with Gasteiger partial charge in [-0.25, -0.2) is 0 Å². The molecule has 3 aromatic rings. The van der Waals surface area contributed by atoms with Crippen molar-refractivity contribution in [3.63, 3.8) is 0 Å². The number of amides is 2. The highest BCUT2D eigenvalue weighted by Gasteiger charge is 2.45. The van der Waals surface area contributed by atoms with E-state index in [0.717, 1.165) is 42.1 Å². The summed E-state index contributed by atoms with van der Waals surface area (Å²) in [6.07, 6.45) is 5.17. The molecule has 1 N–H and O–H groups in total. The van der Waals surface area contributed by atoms with Gasteiger partial charge in [0.15, 0.2) is 6.04 Å². The van der Waals surface area contributed by atoms with Gasteiger partial charge in [0.05, 0.1) is 19.2 Å². The molecule has 2 heterocycles. The van der Waals surface area contributed by atoms with Gasteiger partial charge < -0.3 is 14.6 Å². The third-order valence-corrected chi connectivity index (χ3v) is 7.25. The summed E-state index contributed by atoms with van der Waals surface area (Å²) in [6.45, 7) is 1.98. The SMILES string of the molecule is COC(=O)CC1C(=O)N(c2ccc(C)cc2)C(C(=O)NC2CCCCC2)c2cc3ccccc3n21. The van der Waals surface area contributed by atoms with Crippen molar-refractivity contribution >= 4 is 34.4 Å². The van der Waals surface area contributed by atoms with Gasteiger partial charge in [0.25, 0.3) is 5.91 Å². The summed E-state index contributed by atoms with van der Waals surface area (Å²) in [7, 11) is 1.32. The molecule has 7 nitrogen and oxygen atoms in total. The maximum Gasteiger partial charge on any atom is 0.308 e. The Morgan fingerprint density at radius 3 is 2.46 bits per heavy atom. The summed E-state index contributed by atoms with van der Waals surface area (Å²) in [5.41, 5.74) is 3.22. The van der Waals surface area contributed by atoms with Gasteiger partial charge in [-0.3, -0.25) is 19.3 Å². The average molecular weight is 474 g/mol. The third-order valence-electron chi connectivity index (χ3n) is 7.25. The van der Waals surface area contributed by atoms with Crippen molar-refractivity contribution in [2.45, 2.75) is 63.6 Å². The lowest BCUT2D eigenvalue weighted by Gasteiger charge is -2.40. The number of benzene rings is 2. The first-order valence-corrected chi connectivity index (χ1v) is 12.3. The van der Waals surface area contributed by atoms with Crippen molar-refractivity contribution in [3.8, 4) is 0 Å². The molecule has 1 aromatic heterocycles. The second-order valence-corrected chi connectivity index (χ2v) is 9.58. The predicted octanol–water partition coefficient (Wildman–Crippen LogP) is 4.59. The average Bonchev–Trinajstić information content (AvgIpc) is 3.25. The zero-order valence-corrected chi connectivity index (χ0v) is 20.2. The zero-order valence-electron chi connectivity index (χ0n) is 20.2. The van der Waals surface area contributed by atoms with Crippen molar-refractivity contribution in [1.29, 1.82) is 0 Å². The summed E-state index contributed by atoms with van der Waals surface area (Å²) < 4.78 is 6.80. The topological polar surface area (TPSA) is 80.6 Å². The Morgan fingerprint density at radius 2 is 1.74 bits per heavy atom. The molecule has 2 aromatic carbocycles. The predicted molar refractivity (Wildman–Crippen MR) is 134 cm³/mol. The Bertz CT molecular complexity index is 1260. The van der Waals surface area contributed by atoms with E-state index in [0.29, 0.717) is 11.4 Å². The number of nitrogens with zero attached hydrogens (tertiary/aromatic N) is 2. The Morgan fingerprint density at radius 1 is 1.03 bits per heavy atom. The number of hydrogen-bond acceptors (Lipinski definition) is 4. The molecule has 0 spiro atoms. The van der Waals surface area contributed by atoms with Gasteiger partial charge in [-0.2, -0.15) is 0 Å². The number of carbonyl (C=O) groups is 3. The van der Waals surface area contributed by atoms with Crippen LogP contribution in [0, 0.1) is 6.92 Å². The Hall–Kier alpha value is -3.61. The zero-order chi connectivity index (χ0) is 24.5. The lowest BCUT2D eigenvalue weighted by atomic mass is 9.94. The minimum atomic E-state index is -0.839. The van der Waals surface area contributed by atoms with Crippen LogP contribution in [0.3, 0.4) is 0 Å². The fraction of sp³-hybridized carbons (Fsp3) is 0.393. The Labute approximate surface area is 205 Å². The van der Waals surface area contributed by atoms with Gasteiger partial charge >= 0.3 is 5.97 Å². The molecule has 0 radical (unpaired) electrons. The van der Waals surface area contributed by atoms with E-state index < -0.39 is 18.1 Å². The molecular weight excluding hydrogens is 442 g/mol. The Balaban J connectivity index is 1.66. The fourth-order valence-electron chi connectivity index (χ4n) is 5.47. The van der Waals surface area contributed by atoms with E-state index in [9.17, 15) is 14.4 Å². The molecule has 7 heteroatoms. The lowest BCUT2D eigenvalue weighted by Crippen LogP contribution is -2.53. The normalized spacial score (nSPS) is 20.5. The van der Waals surface area contributed by atoms with Crippen LogP contribution in [0.2, 0.25) is 0 Å². The number of hydrogen-bond donors (Lipinski definition) is 1. The van der Waals surface area contributed by atoms with Crippen LogP contribution >= 0.6 is 0 Å².